The van der Waals surface area contributed by atoms with Crippen LogP contribution in [0, 0.1) is 0 Å². The van der Waals surface area contributed by atoms with Crippen LogP contribution in [0.4, 0.5) is 13.2 Å². The molecule has 0 aliphatic carbocycles. The second kappa shape index (κ2) is 6.12. The van der Waals surface area contributed by atoms with Gasteiger partial charge in [-0.2, -0.15) is 0 Å². The summed E-state index contributed by atoms with van der Waals surface area (Å²) in [5.74, 6) is -1.64. The van der Waals surface area contributed by atoms with Gasteiger partial charge in [0.25, 0.3) is 0 Å². The third-order valence-electron chi connectivity index (χ3n) is 2.28. The normalized spacial score (nSPS) is 13.1. The van der Waals surface area contributed by atoms with Crippen LogP contribution in [-0.2, 0) is 11.2 Å². The highest BCUT2D eigenvalue weighted by molar-refractivity contribution is 6.32. The Bertz CT molecular complexity index is 465. The molecule has 0 heterocycles. The quantitative estimate of drug-likeness (QED) is 0.876. The van der Waals surface area contributed by atoms with Crippen LogP contribution in [0.2, 0.25) is 5.02 Å². The molecule has 0 aromatic heterocycles. The Morgan fingerprint density at radius 2 is 2.11 bits per heavy atom. The van der Waals surface area contributed by atoms with Gasteiger partial charge in [-0.05, 0) is 30.5 Å². The van der Waals surface area contributed by atoms with Gasteiger partial charge in [-0.15, -0.1) is 13.2 Å². The minimum absolute atomic E-state index is 0.158. The van der Waals surface area contributed by atoms with Gasteiger partial charge in [0, 0.05) is 0 Å². The van der Waals surface area contributed by atoms with E-state index in [2.05, 4.69) is 4.74 Å². The SMILES string of the molecule is NC(CCc1ccc(OC(F)(F)F)c(Cl)c1)C(=O)O. The number of aliphatic carboxylic acids is 1. The number of alkyl halides is 3. The number of benzene rings is 1. The van der Waals surface area contributed by atoms with E-state index in [1.165, 1.54) is 12.1 Å². The molecule has 106 valence electrons. The molecule has 0 saturated carbocycles. The summed E-state index contributed by atoms with van der Waals surface area (Å²) >= 11 is 5.64. The third-order valence-corrected chi connectivity index (χ3v) is 2.58. The Balaban J connectivity index is 2.69. The van der Waals surface area contributed by atoms with Crippen LogP contribution in [0.5, 0.6) is 5.75 Å². The number of carbonyl (C=O) groups is 1. The molecule has 0 amide bonds. The van der Waals surface area contributed by atoms with E-state index in [0.717, 1.165) is 6.07 Å². The molecule has 1 aromatic rings. The molecule has 0 saturated heterocycles. The summed E-state index contributed by atoms with van der Waals surface area (Å²) < 4.78 is 39.7. The topological polar surface area (TPSA) is 72.5 Å². The van der Waals surface area contributed by atoms with Crippen molar-refractivity contribution >= 4 is 17.6 Å². The summed E-state index contributed by atoms with van der Waals surface area (Å²) in [7, 11) is 0. The van der Waals surface area contributed by atoms with Gasteiger partial charge in [-0.25, -0.2) is 0 Å². The van der Waals surface area contributed by atoms with Crippen LogP contribution in [0.1, 0.15) is 12.0 Å². The molecule has 1 unspecified atom stereocenters. The summed E-state index contributed by atoms with van der Waals surface area (Å²) in [6.45, 7) is 0. The molecule has 8 heteroatoms. The van der Waals surface area contributed by atoms with Crippen molar-refractivity contribution in [3.63, 3.8) is 0 Å². The van der Waals surface area contributed by atoms with Crippen molar-refractivity contribution in [3.8, 4) is 5.75 Å². The van der Waals surface area contributed by atoms with Crippen molar-refractivity contribution in [3.05, 3.63) is 28.8 Å². The van der Waals surface area contributed by atoms with E-state index in [-0.39, 0.29) is 11.4 Å². The zero-order valence-corrected chi connectivity index (χ0v) is 10.3. The number of hydrogen-bond acceptors (Lipinski definition) is 3. The number of carboxylic acids is 1. The van der Waals surface area contributed by atoms with Crippen molar-refractivity contribution in [2.45, 2.75) is 25.2 Å². The minimum atomic E-state index is -4.81. The van der Waals surface area contributed by atoms with Crippen LogP contribution in [0.15, 0.2) is 18.2 Å². The molecule has 1 rings (SSSR count). The predicted molar refractivity (Wildman–Crippen MR) is 62.1 cm³/mol. The minimum Gasteiger partial charge on any atom is -0.480 e. The lowest BCUT2D eigenvalue weighted by Crippen LogP contribution is -2.30. The van der Waals surface area contributed by atoms with E-state index in [9.17, 15) is 18.0 Å². The molecule has 0 bridgehead atoms. The summed E-state index contributed by atoms with van der Waals surface area (Å²) in [6, 6.07) is 2.72. The van der Waals surface area contributed by atoms with Crippen LogP contribution >= 0.6 is 11.6 Å². The first-order chi connectivity index (χ1) is 8.69. The van der Waals surface area contributed by atoms with Crippen molar-refractivity contribution < 1.29 is 27.8 Å². The van der Waals surface area contributed by atoms with Gasteiger partial charge in [0.2, 0.25) is 0 Å². The van der Waals surface area contributed by atoms with Crippen molar-refractivity contribution in [2.75, 3.05) is 0 Å². The fourth-order valence-electron chi connectivity index (χ4n) is 1.35. The zero-order valence-electron chi connectivity index (χ0n) is 9.58. The number of nitrogens with two attached hydrogens (primary N) is 1. The van der Waals surface area contributed by atoms with Crippen LogP contribution in [-0.4, -0.2) is 23.5 Å². The fraction of sp³-hybridized carbons (Fsp3) is 0.364. The van der Waals surface area contributed by atoms with E-state index in [4.69, 9.17) is 22.4 Å². The monoisotopic (exact) mass is 297 g/mol. The van der Waals surface area contributed by atoms with Gasteiger partial charge in [0.15, 0.2) is 0 Å². The summed E-state index contributed by atoms with van der Waals surface area (Å²) in [6.07, 6.45) is -4.36. The van der Waals surface area contributed by atoms with E-state index in [0.29, 0.717) is 12.0 Å². The molecule has 1 atom stereocenters. The van der Waals surface area contributed by atoms with Gasteiger partial charge in [0.05, 0.1) is 5.02 Å². The molecule has 0 aliphatic heterocycles. The highest BCUT2D eigenvalue weighted by atomic mass is 35.5. The summed E-state index contributed by atoms with van der Waals surface area (Å²) in [5.41, 5.74) is 5.89. The number of aryl methyl sites for hydroxylation is 1. The lowest BCUT2D eigenvalue weighted by molar-refractivity contribution is -0.274. The first-order valence-electron chi connectivity index (χ1n) is 5.21. The molecule has 19 heavy (non-hydrogen) atoms. The highest BCUT2D eigenvalue weighted by Crippen LogP contribution is 2.31. The van der Waals surface area contributed by atoms with Crippen LogP contribution in [0.25, 0.3) is 0 Å². The molecule has 3 N–H and O–H groups in total. The number of ether oxygens (including phenoxy) is 1. The van der Waals surface area contributed by atoms with Gasteiger partial charge < -0.3 is 15.6 Å². The standard InChI is InChI=1S/C11H11ClF3NO3/c12-7-5-6(1-3-8(16)10(17)18)2-4-9(7)19-11(13,14)15/h2,4-5,8H,1,3,16H2,(H,17,18). The van der Waals surface area contributed by atoms with Gasteiger partial charge in [-0.1, -0.05) is 17.7 Å². The van der Waals surface area contributed by atoms with E-state index in [1.807, 2.05) is 0 Å². The van der Waals surface area contributed by atoms with Gasteiger partial charge in [0.1, 0.15) is 11.8 Å². The maximum absolute atomic E-state index is 12.0. The molecular formula is C11H11ClF3NO3. The largest absolute Gasteiger partial charge is 0.573 e. The van der Waals surface area contributed by atoms with Crippen molar-refractivity contribution in [2.24, 2.45) is 5.73 Å². The first kappa shape index (κ1) is 15.6. The molecule has 0 fully saturated rings. The zero-order chi connectivity index (χ0) is 14.6. The molecule has 1 aromatic carbocycles. The number of rotatable bonds is 5. The third kappa shape index (κ3) is 5.35. The molecule has 0 radical (unpaired) electrons. The lowest BCUT2D eigenvalue weighted by atomic mass is 10.1. The first-order valence-corrected chi connectivity index (χ1v) is 5.59. The molecular weight excluding hydrogens is 287 g/mol. The maximum atomic E-state index is 12.0. The number of hydrogen-bond donors (Lipinski definition) is 2. The molecule has 0 spiro atoms. The Labute approximate surface area is 111 Å². The van der Waals surface area contributed by atoms with Crippen LogP contribution in [0.3, 0.4) is 0 Å². The highest BCUT2D eigenvalue weighted by Gasteiger charge is 2.32. The average Bonchev–Trinajstić information content (AvgIpc) is 2.27. The van der Waals surface area contributed by atoms with Gasteiger partial charge >= 0.3 is 12.3 Å². The Hall–Kier alpha value is -1.47. The Morgan fingerprint density at radius 3 is 2.58 bits per heavy atom. The smallest absolute Gasteiger partial charge is 0.480 e. The number of carboxylic acid groups (broad SMARTS) is 1. The molecule has 4 nitrogen and oxygen atoms in total. The Kier molecular flexibility index (Phi) is 5.02. The van der Waals surface area contributed by atoms with E-state index >= 15 is 0 Å². The van der Waals surface area contributed by atoms with Crippen LogP contribution < -0.4 is 10.5 Å². The average molecular weight is 298 g/mol. The lowest BCUT2D eigenvalue weighted by Gasteiger charge is -2.12. The Morgan fingerprint density at radius 1 is 1.47 bits per heavy atom. The maximum Gasteiger partial charge on any atom is 0.573 e. The fourth-order valence-corrected chi connectivity index (χ4v) is 1.59. The van der Waals surface area contributed by atoms with Crippen molar-refractivity contribution in [1.82, 2.24) is 0 Å². The van der Waals surface area contributed by atoms with E-state index < -0.39 is 24.1 Å². The van der Waals surface area contributed by atoms with Gasteiger partial charge in [-0.3, -0.25) is 4.79 Å². The predicted octanol–water partition coefficient (Wildman–Crippen LogP) is 2.58. The summed E-state index contributed by atoms with van der Waals surface area (Å²) in [5, 5.41) is 8.39. The summed E-state index contributed by atoms with van der Waals surface area (Å²) in [4.78, 5) is 10.5. The number of halogens is 4. The van der Waals surface area contributed by atoms with E-state index in [1.54, 1.807) is 0 Å². The molecule has 0 aliphatic rings. The second-order valence-electron chi connectivity index (χ2n) is 3.80. The second-order valence-corrected chi connectivity index (χ2v) is 4.20. The van der Waals surface area contributed by atoms with Crippen molar-refractivity contribution in [1.29, 1.82) is 0 Å².